The van der Waals surface area contributed by atoms with Crippen molar-refractivity contribution in [3.8, 4) is 0 Å². The molecule has 0 spiro atoms. The maximum atomic E-state index is 11.5. The summed E-state index contributed by atoms with van der Waals surface area (Å²) < 4.78 is 0. The van der Waals surface area contributed by atoms with Crippen molar-refractivity contribution < 1.29 is 9.59 Å². The molecule has 0 fully saturated rings. The fourth-order valence-corrected chi connectivity index (χ4v) is 2.79. The van der Waals surface area contributed by atoms with Gasteiger partial charge in [-0.25, -0.2) is 0 Å². The fraction of sp³-hybridized carbons (Fsp3) is 0.900. The highest BCUT2D eigenvalue weighted by Crippen LogP contribution is 2.12. The van der Waals surface area contributed by atoms with Crippen molar-refractivity contribution in [2.45, 2.75) is 97.9 Å². The molecule has 0 aromatic rings. The predicted octanol–water partition coefficient (Wildman–Crippen LogP) is 5.23. The Hall–Kier alpha value is -0.350. The molecule has 24 heavy (non-hydrogen) atoms. The SMILES string of the molecule is C.CC(C)C(=O)CCCCCCCCCCCCN[C@H](C=O)CS. The molecule has 0 aliphatic carbocycles. The van der Waals surface area contributed by atoms with E-state index in [0.29, 0.717) is 11.5 Å². The van der Waals surface area contributed by atoms with Crippen molar-refractivity contribution in [3.05, 3.63) is 0 Å². The van der Waals surface area contributed by atoms with Crippen molar-refractivity contribution in [1.29, 1.82) is 0 Å². The molecular weight excluding hydrogens is 318 g/mol. The van der Waals surface area contributed by atoms with Gasteiger partial charge in [-0.05, 0) is 19.4 Å². The number of hydrogen-bond acceptors (Lipinski definition) is 4. The minimum Gasteiger partial charge on any atom is -0.307 e. The normalized spacial score (nSPS) is 12.0. The van der Waals surface area contributed by atoms with Gasteiger partial charge in [-0.1, -0.05) is 72.6 Å². The molecule has 3 nitrogen and oxygen atoms in total. The molecule has 0 saturated carbocycles. The van der Waals surface area contributed by atoms with E-state index in [0.717, 1.165) is 32.1 Å². The molecular formula is C20H41NO2S. The fourth-order valence-electron chi connectivity index (χ4n) is 2.57. The van der Waals surface area contributed by atoms with Gasteiger partial charge in [0.25, 0.3) is 0 Å². The lowest BCUT2D eigenvalue weighted by atomic mass is 10.0. The molecule has 0 bridgehead atoms. The number of hydrogen-bond donors (Lipinski definition) is 2. The van der Waals surface area contributed by atoms with E-state index >= 15 is 0 Å². The van der Waals surface area contributed by atoms with Gasteiger partial charge in [0.15, 0.2) is 0 Å². The van der Waals surface area contributed by atoms with Gasteiger partial charge in [-0.2, -0.15) is 12.6 Å². The quantitative estimate of drug-likeness (QED) is 0.212. The third-order valence-corrected chi connectivity index (χ3v) is 4.65. The second kappa shape index (κ2) is 19.0. The molecule has 0 unspecified atom stereocenters. The number of Topliss-reactive ketones (excluding diaryl/α,β-unsaturated/α-hetero) is 1. The standard InChI is InChI=1S/C19H37NO2S.CH4/c1-17(2)19(22)13-11-9-7-5-3-4-6-8-10-12-14-20-18(15-21)16-23;/h15,17-18,20,23H,3-14,16H2,1-2H3;1H4/t18-;/m1./s1. The summed E-state index contributed by atoms with van der Waals surface area (Å²) >= 11 is 4.12. The third-order valence-electron chi connectivity index (χ3n) is 4.26. The highest BCUT2D eigenvalue weighted by molar-refractivity contribution is 7.80. The first-order valence-corrected chi connectivity index (χ1v) is 10.1. The monoisotopic (exact) mass is 359 g/mol. The number of aldehydes is 1. The van der Waals surface area contributed by atoms with E-state index in [1.54, 1.807) is 0 Å². The Labute approximate surface area is 156 Å². The maximum absolute atomic E-state index is 11.5. The van der Waals surface area contributed by atoms with E-state index in [4.69, 9.17) is 0 Å². The van der Waals surface area contributed by atoms with E-state index in [1.807, 2.05) is 13.8 Å². The highest BCUT2D eigenvalue weighted by atomic mass is 32.1. The maximum Gasteiger partial charge on any atom is 0.137 e. The van der Waals surface area contributed by atoms with E-state index in [2.05, 4.69) is 17.9 Å². The molecule has 0 radical (unpaired) electrons. The van der Waals surface area contributed by atoms with Crippen LogP contribution in [-0.4, -0.2) is 30.4 Å². The van der Waals surface area contributed by atoms with Gasteiger partial charge in [-0.3, -0.25) is 4.79 Å². The smallest absolute Gasteiger partial charge is 0.137 e. The lowest BCUT2D eigenvalue weighted by molar-refractivity contribution is -0.122. The van der Waals surface area contributed by atoms with Crippen LogP contribution >= 0.6 is 12.6 Å². The Balaban J connectivity index is 0. The summed E-state index contributed by atoms with van der Waals surface area (Å²) in [5.41, 5.74) is 0. The molecule has 4 heteroatoms. The van der Waals surface area contributed by atoms with Crippen LogP contribution in [0.3, 0.4) is 0 Å². The summed E-state index contributed by atoms with van der Waals surface area (Å²) in [5, 5.41) is 3.20. The molecule has 144 valence electrons. The number of carbonyl (C=O) groups is 2. The van der Waals surface area contributed by atoms with Gasteiger partial charge in [0.1, 0.15) is 12.1 Å². The molecule has 1 N–H and O–H groups in total. The lowest BCUT2D eigenvalue weighted by Gasteiger charge is -2.09. The van der Waals surface area contributed by atoms with E-state index < -0.39 is 0 Å². The van der Waals surface area contributed by atoms with Gasteiger partial charge < -0.3 is 10.1 Å². The van der Waals surface area contributed by atoms with Crippen LogP contribution in [-0.2, 0) is 9.59 Å². The van der Waals surface area contributed by atoms with Gasteiger partial charge in [0, 0.05) is 18.1 Å². The van der Waals surface area contributed by atoms with Gasteiger partial charge in [0.2, 0.25) is 0 Å². The van der Waals surface area contributed by atoms with Crippen molar-refractivity contribution in [3.63, 3.8) is 0 Å². The topological polar surface area (TPSA) is 46.2 Å². The predicted molar refractivity (Wildman–Crippen MR) is 109 cm³/mol. The average molecular weight is 360 g/mol. The number of unbranched alkanes of at least 4 members (excludes halogenated alkanes) is 9. The summed E-state index contributed by atoms with van der Waals surface area (Å²) in [6.07, 6.45) is 14.2. The van der Waals surface area contributed by atoms with E-state index in [-0.39, 0.29) is 19.4 Å². The van der Waals surface area contributed by atoms with Crippen LogP contribution in [0, 0.1) is 5.92 Å². The Morgan fingerprint density at radius 2 is 1.38 bits per heavy atom. The number of rotatable bonds is 17. The molecule has 0 heterocycles. The first kappa shape index (κ1) is 25.9. The van der Waals surface area contributed by atoms with E-state index in [9.17, 15) is 9.59 Å². The average Bonchev–Trinajstić information content (AvgIpc) is 2.55. The van der Waals surface area contributed by atoms with E-state index in [1.165, 1.54) is 51.4 Å². The van der Waals surface area contributed by atoms with Crippen LogP contribution in [0.1, 0.15) is 91.9 Å². The first-order chi connectivity index (χ1) is 11.1. The zero-order valence-corrected chi connectivity index (χ0v) is 16.1. The molecule has 0 aromatic heterocycles. The van der Waals surface area contributed by atoms with Gasteiger partial charge in [-0.15, -0.1) is 0 Å². The number of nitrogens with one attached hydrogen (secondary N) is 1. The largest absolute Gasteiger partial charge is 0.307 e. The molecule has 0 aliphatic rings. The molecule has 0 aromatic carbocycles. The zero-order valence-electron chi connectivity index (χ0n) is 15.2. The molecule has 0 aliphatic heterocycles. The molecule has 0 saturated heterocycles. The van der Waals surface area contributed by atoms with Crippen molar-refractivity contribution in [1.82, 2.24) is 5.32 Å². The van der Waals surface area contributed by atoms with Crippen LogP contribution in [0.15, 0.2) is 0 Å². The first-order valence-electron chi connectivity index (χ1n) is 9.44. The van der Waals surface area contributed by atoms with Crippen LogP contribution in [0.5, 0.6) is 0 Å². The molecule has 1 atom stereocenters. The summed E-state index contributed by atoms with van der Waals surface area (Å²) in [5.74, 6) is 1.19. The zero-order chi connectivity index (χ0) is 17.3. The van der Waals surface area contributed by atoms with Crippen LogP contribution in [0.25, 0.3) is 0 Å². The minimum absolute atomic E-state index is 0. The Morgan fingerprint density at radius 3 is 1.79 bits per heavy atom. The molecule has 0 amide bonds. The number of carbonyl (C=O) groups excluding carboxylic acids is 2. The second-order valence-corrected chi connectivity index (χ2v) is 7.15. The van der Waals surface area contributed by atoms with Gasteiger partial charge >= 0.3 is 0 Å². The van der Waals surface area contributed by atoms with Gasteiger partial charge in [0.05, 0.1) is 6.04 Å². The Morgan fingerprint density at radius 1 is 0.917 bits per heavy atom. The number of thiol groups is 1. The van der Waals surface area contributed by atoms with Crippen molar-refractivity contribution in [2.24, 2.45) is 5.92 Å². The van der Waals surface area contributed by atoms with Crippen LogP contribution in [0.2, 0.25) is 0 Å². The Bertz CT molecular complexity index is 295. The number of ketones is 1. The minimum atomic E-state index is -0.0887. The lowest BCUT2D eigenvalue weighted by Crippen LogP contribution is -2.32. The van der Waals surface area contributed by atoms with Crippen LogP contribution in [0.4, 0.5) is 0 Å². The second-order valence-electron chi connectivity index (χ2n) is 6.79. The Kier molecular flexibility index (Phi) is 20.5. The summed E-state index contributed by atoms with van der Waals surface area (Å²) in [4.78, 5) is 22.1. The summed E-state index contributed by atoms with van der Waals surface area (Å²) in [6.45, 7) is 4.89. The van der Waals surface area contributed by atoms with Crippen molar-refractivity contribution >= 4 is 24.7 Å². The van der Waals surface area contributed by atoms with Crippen molar-refractivity contribution in [2.75, 3.05) is 12.3 Å². The summed E-state index contributed by atoms with van der Waals surface area (Å²) in [6, 6.07) is -0.0887. The highest BCUT2D eigenvalue weighted by Gasteiger charge is 2.05. The molecule has 0 rings (SSSR count). The summed E-state index contributed by atoms with van der Waals surface area (Å²) in [7, 11) is 0. The third kappa shape index (κ3) is 16.5. The van der Waals surface area contributed by atoms with Crippen LogP contribution < -0.4 is 5.32 Å².